The van der Waals surface area contributed by atoms with Crippen molar-refractivity contribution in [2.45, 2.75) is 6.85 Å². The first-order chi connectivity index (χ1) is 42.9. The minimum Gasteiger partial charge on any atom is -0.510 e. The molecule has 16 aromatic rings. The van der Waals surface area contributed by atoms with Crippen molar-refractivity contribution in [1.82, 2.24) is 23.3 Å². The molecule has 0 unspecified atom stereocenters. The first kappa shape index (κ1) is 40.2. The van der Waals surface area contributed by atoms with Gasteiger partial charge in [-0.3, -0.25) is 4.57 Å². The van der Waals surface area contributed by atoms with Crippen molar-refractivity contribution in [3.63, 3.8) is 0 Å². The number of rotatable bonds is 9. The summed E-state index contributed by atoms with van der Waals surface area (Å²) in [6, 6.07) is 78.8. The maximum atomic E-state index is 9.25. The fraction of sp³-hybridized carbons (Fsp3) is 0.0137. The molecule has 11 aromatic carbocycles. The molecule has 0 spiro atoms. The van der Waals surface area contributed by atoms with Crippen LogP contribution in [0.1, 0.15) is 16.5 Å². The first-order valence-electron chi connectivity index (χ1n) is 30.3. The van der Waals surface area contributed by atoms with E-state index in [-0.39, 0.29) is 44.3 Å². The minimum absolute atomic E-state index is 0. The summed E-state index contributed by atoms with van der Waals surface area (Å²) in [7, 11) is 0. The molecule has 0 fully saturated rings. The molecule has 81 heavy (non-hydrogen) atoms. The summed E-state index contributed by atoms with van der Waals surface area (Å²) in [4.78, 5) is 5.19. The quantitative estimate of drug-likeness (QED) is 0.107. The molecule has 0 saturated heterocycles. The molecular weight excluding hydrogens is 1170 g/mol. The van der Waals surface area contributed by atoms with Gasteiger partial charge in [0.1, 0.15) is 5.82 Å². The predicted octanol–water partition coefficient (Wildman–Crippen LogP) is 17.4. The van der Waals surface area contributed by atoms with Gasteiger partial charge in [-0.15, -0.1) is 29.7 Å². The van der Waals surface area contributed by atoms with Crippen LogP contribution in [-0.4, -0.2) is 23.3 Å². The number of fused-ring (bicyclic) bond motifs is 10. The van der Waals surface area contributed by atoms with Crippen molar-refractivity contribution in [2.24, 2.45) is 0 Å². The number of benzene rings is 11. The maximum Gasteiger partial charge on any atom is 0.268 e. The van der Waals surface area contributed by atoms with Crippen LogP contribution in [0.2, 0.25) is 0 Å². The Bertz CT molecular complexity index is 5320. The van der Waals surface area contributed by atoms with Gasteiger partial charge in [-0.2, -0.15) is 18.2 Å². The molecule has 0 saturated carbocycles. The number of imidazole rings is 1. The van der Waals surface area contributed by atoms with Crippen LogP contribution in [0, 0.1) is 25.3 Å². The van der Waals surface area contributed by atoms with Gasteiger partial charge in [0.15, 0.2) is 0 Å². The van der Waals surface area contributed by atoms with Gasteiger partial charge in [-0.25, -0.2) is 4.98 Å². The molecule has 0 aliphatic rings. The molecule has 0 bridgehead atoms. The van der Waals surface area contributed by atoms with Crippen LogP contribution >= 0.6 is 0 Å². The monoisotopic (exact) mass is 1230 g/mol. The number of ether oxygens (including phenoxy) is 1. The Morgan fingerprint density at radius 1 is 0.469 bits per heavy atom. The third-order valence-electron chi connectivity index (χ3n) is 15.3. The Labute approximate surface area is 492 Å². The number of aryl methyl sites for hydroxylation is 1. The maximum absolute atomic E-state index is 9.25. The number of nitrogens with zero attached hydrogens (tertiary/aromatic N) is 6. The molecule has 16 rings (SSSR count). The van der Waals surface area contributed by atoms with Gasteiger partial charge in [0.05, 0.1) is 45.6 Å². The van der Waals surface area contributed by atoms with Crippen molar-refractivity contribution in [3.05, 3.63) is 285 Å². The summed E-state index contributed by atoms with van der Waals surface area (Å²) in [5, 5.41) is 6.21. The molecule has 5 heterocycles. The Balaban J connectivity index is 0.00000663. The van der Waals surface area contributed by atoms with Crippen LogP contribution in [0.3, 0.4) is 0 Å². The van der Waals surface area contributed by atoms with E-state index in [1.807, 2.05) is 123 Å². The molecule has 386 valence electrons. The summed E-state index contributed by atoms with van der Waals surface area (Å²) < 4.78 is 87.3. The van der Waals surface area contributed by atoms with Gasteiger partial charge in [-0.1, -0.05) is 169 Å². The summed E-state index contributed by atoms with van der Waals surface area (Å²) in [6.45, 7) is -2.59. The summed E-state index contributed by atoms with van der Waals surface area (Å²) >= 11 is 0. The summed E-state index contributed by atoms with van der Waals surface area (Å²) in [6.07, 6.45) is 5.17. The zero-order chi connectivity index (χ0) is 59.7. The molecule has 0 atom stereocenters. The second-order valence-corrected chi connectivity index (χ2v) is 19.8. The van der Waals surface area contributed by atoms with E-state index in [9.17, 15) is 4.11 Å². The van der Waals surface area contributed by atoms with E-state index in [2.05, 4.69) is 119 Å². The molecule has 7 nitrogen and oxygen atoms in total. The molecule has 0 aliphatic carbocycles. The minimum atomic E-state index is -2.59. The number of hydrogen-bond donors (Lipinski definition) is 0. The van der Waals surface area contributed by atoms with E-state index in [4.69, 9.17) is 16.6 Å². The van der Waals surface area contributed by atoms with Gasteiger partial charge < -0.3 is 23.0 Å². The van der Waals surface area contributed by atoms with Gasteiger partial charge >= 0.3 is 0 Å². The molecule has 0 amide bonds. The smallest absolute Gasteiger partial charge is 0.268 e. The zero-order valence-corrected chi connectivity index (χ0v) is 45.1. The molecule has 0 radical (unpaired) electrons. The fourth-order valence-electron chi connectivity index (χ4n) is 11.8. The normalized spacial score (nSPS) is 13.2. The number of pyridine rings is 1. The van der Waals surface area contributed by atoms with Crippen LogP contribution in [0.5, 0.6) is 11.5 Å². The molecule has 5 aromatic heterocycles. The molecule has 8 heteroatoms. The van der Waals surface area contributed by atoms with E-state index in [1.165, 1.54) is 0 Å². The van der Waals surface area contributed by atoms with Crippen molar-refractivity contribution >= 4 is 76.5 Å². The predicted molar refractivity (Wildman–Crippen MR) is 324 cm³/mol. The number of hydrogen-bond acceptors (Lipinski definition) is 2. The van der Waals surface area contributed by atoms with Crippen LogP contribution in [0.25, 0.3) is 127 Å². The first-order valence-corrected chi connectivity index (χ1v) is 26.3. The van der Waals surface area contributed by atoms with Crippen LogP contribution in [0.15, 0.2) is 261 Å². The van der Waals surface area contributed by atoms with Crippen molar-refractivity contribution in [1.29, 1.82) is 0 Å². The summed E-state index contributed by atoms with van der Waals surface area (Å²) in [5.74, 6) is 1.14. The van der Waals surface area contributed by atoms with Crippen molar-refractivity contribution in [3.8, 4) is 62.3 Å². The molecular formula is C73H46N6OPt-2. The second kappa shape index (κ2) is 19.4. The van der Waals surface area contributed by atoms with E-state index in [1.54, 1.807) is 30.5 Å². The van der Waals surface area contributed by atoms with E-state index < -0.39 is 25.0 Å². The van der Waals surface area contributed by atoms with E-state index in [0.29, 0.717) is 50.9 Å². The van der Waals surface area contributed by atoms with E-state index >= 15 is 0 Å². The molecule has 0 aliphatic heterocycles. The number of para-hydroxylation sites is 8. The van der Waals surface area contributed by atoms with Gasteiger partial charge in [0.2, 0.25) is 0 Å². The Morgan fingerprint density at radius 3 is 1.64 bits per heavy atom. The topological polar surface area (TPSA) is 45.7 Å². The third-order valence-corrected chi connectivity index (χ3v) is 15.3. The second-order valence-electron chi connectivity index (χ2n) is 19.8. The average molecular weight is 1230 g/mol. The summed E-state index contributed by atoms with van der Waals surface area (Å²) in [5.41, 5.74) is 11.7. The number of aromatic nitrogens is 6. The molecule has 0 N–H and O–H groups in total. The largest absolute Gasteiger partial charge is 0.510 e. The van der Waals surface area contributed by atoms with Crippen molar-refractivity contribution < 1.29 is 41.3 Å². The van der Waals surface area contributed by atoms with E-state index in [0.717, 1.165) is 82.3 Å². The Morgan fingerprint density at radius 2 is 1.01 bits per heavy atom. The van der Waals surface area contributed by atoms with Gasteiger partial charge in [-0.05, 0) is 101 Å². The third kappa shape index (κ3) is 7.84. The van der Waals surface area contributed by atoms with Crippen molar-refractivity contribution in [2.75, 3.05) is 0 Å². The Kier molecular flexibility index (Phi) is 9.61. The van der Waals surface area contributed by atoms with Crippen LogP contribution in [-0.2, 0) is 21.1 Å². The standard InChI is InChI=1S/C73H46N6O.Pt/c1-48-40-73(74-46-63(48)50-41-52(77-65-31-12-6-25-57(65)58-26-7-13-32-66(58)77)43-53(42-50)78-67-33-14-8-27-59(67)60-28-9-15-34-68(60)78)79-69-35-16-10-29-61(69)62-39-38-55(45-72(62)79)80-54-23-19-22-51(44-54)75-47-76(71-37-18-17-36-70(71)75)64-30-11-5-24-56(64)49-20-3-2-4-21-49;/h2-43,46H,1H3;/q-2;/i1D3,2D,3D,4D,20D,21D;. The van der Waals surface area contributed by atoms with Crippen LogP contribution in [0.4, 0.5) is 0 Å². The van der Waals surface area contributed by atoms with Gasteiger partial charge in [0.25, 0.3) is 6.33 Å². The van der Waals surface area contributed by atoms with Crippen LogP contribution < -0.4 is 9.30 Å². The fourth-order valence-corrected chi connectivity index (χ4v) is 11.8. The van der Waals surface area contributed by atoms with Gasteiger partial charge in [0, 0.05) is 86.9 Å². The average Bonchev–Trinajstić information content (AvgIpc) is 1.67. The Hall–Kier alpha value is -10.1. The SMILES string of the molecule is [2H]c1c([2H])c([2H])c(-c2ccccc2-[n+]2[c-]n(-c3[c-]c(Oc4[c-]c5c(cc4)c4ccccc4n5-c4cc(C([2H])([2H])[2H])c(-c5cc(-n6c7ccccc7c7ccccc76)cc(-n6c7ccccc7c7ccccc76)c5)cn4)ccc3)c3ccccc32)c([2H])c1[2H].[Pt]. The zero-order valence-electron chi connectivity index (χ0n) is 50.8.